The predicted octanol–water partition coefficient (Wildman–Crippen LogP) is 2.74. The first-order valence-electron chi connectivity index (χ1n) is 9.89. The molecule has 2 N–H and O–H groups in total. The van der Waals surface area contributed by atoms with Crippen molar-refractivity contribution in [3.8, 4) is 0 Å². The Kier molecular flexibility index (Phi) is 7.39. The maximum atomic E-state index is 12.9. The van der Waals surface area contributed by atoms with Crippen molar-refractivity contribution in [1.29, 1.82) is 0 Å². The van der Waals surface area contributed by atoms with Gasteiger partial charge in [-0.3, -0.25) is 4.79 Å². The van der Waals surface area contributed by atoms with E-state index < -0.39 is 0 Å². The number of anilines is 2. The van der Waals surface area contributed by atoms with Crippen molar-refractivity contribution in [2.24, 2.45) is 0 Å². The predicted molar refractivity (Wildman–Crippen MR) is 112 cm³/mol. The van der Waals surface area contributed by atoms with E-state index >= 15 is 0 Å². The van der Waals surface area contributed by atoms with Gasteiger partial charge in [0.25, 0.3) is 0 Å². The zero-order valence-corrected chi connectivity index (χ0v) is 16.5. The van der Waals surface area contributed by atoms with Crippen LogP contribution in [0.1, 0.15) is 12.0 Å². The third kappa shape index (κ3) is 6.32. The highest BCUT2D eigenvalue weighted by Crippen LogP contribution is 2.19. The maximum absolute atomic E-state index is 12.9. The summed E-state index contributed by atoms with van der Waals surface area (Å²) in [5, 5.41) is 6.20. The smallest absolute Gasteiger partial charge is 0.225 e. The van der Waals surface area contributed by atoms with Crippen LogP contribution in [0.5, 0.6) is 0 Å². The highest BCUT2D eigenvalue weighted by Gasteiger charge is 2.14. The second-order valence-electron chi connectivity index (χ2n) is 7.26. The molecule has 0 atom stereocenters. The van der Waals surface area contributed by atoms with Gasteiger partial charge in [0.15, 0.2) is 0 Å². The van der Waals surface area contributed by atoms with Crippen LogP contribution in [0.2, 0.25) is 0 Å². The molecule has 2 aromatic carbocycles. The number of hydrogen-bond donors (Lipinski definition) is 2. The quantitative estimate of drug-likeness (QED) is 0.687. The molecule has 1 fully saturated rings. The van der Waals surface area contributed by atoms with Crippen molar-refractivity contribution >= 4 is 17.3 Å². The van der Waals surface area contributed by atoms with Gasteiger partial charge in [0.2, 0.25) is 5.91 Å². The lowest BCUT2D eigenvalue weighted by molar-refractivity contribution is -0.116. The van der Waals surface area contributed by atoms with Crippen LogP contribution in [0.15, 0.2) is 48.5 Å². The van der Waals surface area contributed by atoms with Gasteiger partial charge in [-0.05, 0) is 62.0 Å². The summed E-state index contributed by atoms with van der Waals surface area (Å²) in [5.41, 5.74) is 3.11. The molecular weight excluding hydrogens is 355 g/mol. The first-order chi connectivity index (χ1) is 13.6. The second kappa shape index (κ2) is 10.2. The summed E-state index contributed by atoms with van der Waals surface area (Å²) >= 11 is 0. The van der Waals surface area contributed by atoms with Crippen molar-refractivity contribution in [2.75, 3.05) is 56.5 Å². The Labute approximate surface area is 166 Å². The largest absolute Gasteiger partial charge is 0.369 e. The minimum absolute atomic E-state index is 0.00151. The zero-order chi connectivity index (χ0) is 19.8. The summed E-state index contributed by atoms with van der Waals surface area (Å²) in [6.07, 6.45) is 1.24. The van der Waals surface area contributed by atoms with Gasteiger partial charge < -0.3 is 20.4 Å². The third-order valence-electron chi connectivity index (χ3n) is 5.05. The molecule has 1 aliphatic rings. The molecule has 0 spiro atoms. The minimum Gasteiger partial charge on any atom is -0.369 e. The van der Waals surface area contributed by atoms with Crippen LogP contribution in [0.3, 0.4) is 0 Å². The van der Waals surface area contributed by atoms with E-state index in [-0.39, 0.29) is 11.7 Å². The number of amides is 1. The van der Waals surface area contributed by atoms with Gasteiger partial charge in [-0.1, -0.05) is 12.1 Å². The lowest BCUT2D eigenvalue weighted by Crippen LogP contribution is -2.44. The van der Waals surface area contributed by atoms with Crippen LogP contribution in [-0.4, -0.2) is 57.1 Å². The van der Waals surface area contributed by atoms with Crippen LogP contribution < -0.4 is 15.5 Å². The molecular formula is C22H29FN4O. The number of carbonyl (C=O) groups is 1. The molecule has 0 bridgehead atoms. The lowest BCUT2D eigenvalue weighted by Gasteiger charge is -2.34. The van der Waals surface area contributed by atoms with E-state index in [4.69, 9.17) is 0 Å². The monoisotopic (exact) mass is 384 g/mol. The molecule has 5 nitrogen and oxygen atoms in total. The number of rotatable bonds is 8. The average Bonchev–Trinajstić information content (AvgIpc) is 2.70. The average molecular weight is 384 g/mol. The Hall–Kier alpha value is -2.44. The van der Waals surface area contributed by atoms with Crippen LogP contribution in [0.25, 0.3) is 0 Å². The molecule has 6 heteroatoms. The van der Waals surface area contributed by atoms with Crippen molar-refractivity contribution in [3.05, 3.63) is 59.9 Å². The number of likely N-dealkylation sites (N-methyl/N-ethyl adjacent to an activating group) is 1. The summed E-state index contributed by atoms with van der Waals surface area (Å²) in [7, 11) is 2.15. The Morgan fingerprint density at radius 3 is 2.32 bits per heavy atom. The summed E-state index contributed by atoms with van der Waals surface area (Å²) in [6, 6.07) is 14.6. The van der Waals surface area contributed by atoms with Crippen LogP contribution >= 0.6 is 0 Å². The number of benzene rings is 2. The molecule has 1 heterocycles. The minimum atomic E-state index is -0.218. The van der Waals surface area contributed by atoms with E-state index in [1.165, 1.54) is 17.8 Å². The fraction of sp³-hybridized carbons (Fsp3) is 0.409. The maximum Gasteiger partial charge on any atom is 0.225 e. The molecule has 0 aliphatic carbocycles. The number of carbonyl (C=O) groups excluding carboxylic acids is 1. The van der Waals surface area contributed by atoms with E-state index in [1.54, 1.807) is 12.1 Å². The van der Waals surface area contributed by atoms with E-state index in [0.717, 1.165) is 50.4 Å². The molecule has 0 radical (unpaired) electrons. The zero-order valence-electron chi connectivity index (χ0n) is 16.5. The van der Waals surface area contributed by atoms with Crippen molar-refractivity contribution in [3.63, 3.8) is 0 Å². The standard InChI is InChI=1S/C22H29FN4O/c1-26-14-16-27(17-15-26)21-8-6-20(7-9-21)25-22(28)11-13-24-12-10-18-2-4-19(23)5-3-18/h2-9,24H,10-17H2,1H3,(H,25,28). The molecule has 0 unspecified atom stereocenters. The summed E-state index contributed by atoms with van der Waals surface area (Å²) in [4.78, 5) is 16.8. The highest BCUT2D eigenvalue weighted by molar-refractivity contribution is 5.91. The number of piperazine rings is 1. The highest BCUT2D eigenvalue weighted by atomic mass is 19.1. The Morgan fingerprint density at radius 1 is 0.964 bits per heavy atom. The fourth-order valence-corrected chi connectivity index (χ4v) is 3.25. The van der Waals surface area contributed by atoms with Crippen LogP contribution in [0, 0.1) is 5.82 Å². The second-order valence-corrected chi connectivity index (χ2v) is 7.26. The third-order valence-corrected chi connectivity index (χ3v) is 5.05. The molecule has 3 rings (SSSR count). The topological polar surface area (TPSA) is 47.6 Å². The molecule has 150 valence electrons. The van der Waals surface area contributed by atoms with Crippen LogP contribution in [-0.2, 0) is 11.2 Å². The van der Waals surface area contributed by atoms with Gasteiger partial charge in [-0.25, -0.2) is 4.39 Å². The normalized spacial score (nSPS) is 14.9. The molecule has 28 heavy (non-hydrogen) atoms. The summed E-state index contributed by atoms with van der Waals surface area (Å²) in [6.45, 7) is 5.60. The van der Waals surface area contributed by atoms with E-state index in [0.29, 0.717) is 13.0 Å². The first kappa shape index (κ1) is 20.3. The molecule has 0 aromatic heterocycles. The number of hydrogen-bond acceptors (Lipinski definition) is 4. The van der Waals surface area contributed by atoms with Crippen molar-refractivity contribution in [2.45, 2.75) is 12.8 Å². The van der Waals surface area contributed by atoms with Gasteiger partial charge in [0.05, 0.1) is 0 Å². The van der Waals surface area contributed by atoms with Gasteiger partial charge in [0.1, 0.15) is 5.82 Å². The fourth-order valence-electron chi connectivity index (χ4n) is 3.25. The Balaban J connectivity index is 1.33. The summed E-state index contributed by atoms with van der Waals surface area (Å²) in [5.74, 6) is -0.216. The van der Waals surface area contributed by atoms with Gasteiger partial charge in [-0.2, -0.15) is 0 Å². The lowest BCUT2D eigenvalue weighted by atomic mass is 10.1. The first-order valence-corrected chi connectivity index (χ1v) is 9.89. The number of nitrogens with zero attached hydrogens (tertiary/aromatic N) is 2. The van der Waals surface area contributed by atoms with Gasteiger partial charge in [0, 0.05) is 50.5 Å². The van der Waals surface area contributed by atoms with Crippen LogP contribution in [0.4, 0.5) is 15.8 Å². The van der Waals surface area contributed by atoms with Gasteiger partial charge in [-0.15, -0.1) is 0 Å². The van der Waals surface area contributed by atoms with Crippen molar-refractivity contribution in [1.82, 2.24) is 10.2 Å². The van der Waals surface area contributed by atoms with Crippen molar-refractivity contribution < 1.29 is 9.18 Å². The Bertz CT molecular complexity index is 740. The molecule has 2 aromatic rings. The van der Waals surface area contributed by atoms with E-state index in [2.05, 4.69) is 39.6 Å². The van der Waals surface area contributed by atoms with E-state index in [1.807, 2.05) is 12.1 Å². The van der Waals surface area contributed by atoms with Gasteiger partial charge >= 0.3 is 0 Å². The van der Waals surface area contributed by atoms with E-state index in [9.17, 15) is 9.18 Å². The molecule has 0 saturated carbocycles. The molecule has 1 amide bonds. The number of nitrogens with one attached hydrogen (secondary N) is 2. The molecule has 1 aliphatic heterocycles. The number of halogens is 1. The SMILES string of the molecule is CN1CCN(c2ccc(NC(=O)CCNCCc3ccc(F)cc3)cc2)CC1. The Morgan fingerprint density at radius 2 is 1.64 bits per heavy atom. The molecule has 1 saturated heterocycles. The summed E-state index contributed by atoms with van der Waals surface area (Å²) < 4.78 is 12.9.